The second-order valence-corrected chi connectivity index (χ2v) is 4.40. The maximum absolute atomic E-state index is 5.74. The highest BCUT2D eigenvalue weighted by Crippen LogP contribution is 2.24. The zero-order valence-corrected chi connectivity index (χ0v) is 10.6. The summed E-state index contributed by atoms with van der Waals surface area (Å²) in [4.78, 5) is 0.445. The molecular weight excluding hydrogens is 226 g/mol. The molecular formula is C15H15NS. The van der Waals surface area contributed by atoms with Gasteiger partial charge in [-0.2, -0.15) is 0 Å². The van der Waals surface area contributed by atoms with E-state index in [1.54, 1.807) is 0 Å². The van der Waals surface area contributed by atoms with Crippen molar-refractivity contribution in [3.63, 3.8) is 0 Å². The summed E-state index contributed by atoms with van der Waals surface area (Å²) in [6.45, 7) is 2.15. The van der Waals surface area contributed by atoms with Crippen LogP contribution in [0.25, 0.3) is 11.1 Å². The molecule has 0 saturated heterocycles. The summed E-state index contributed by atoms with van der Waals surface area (Å²) in [6.07, 6.45) is 1.05. The van der Waals surface area contributed by atoms with Crippen LogP contribution in [-0.2, 0) is 6.42 Å². The molecule has 0 aromatic heterocycles. The number of nitrogens with two attached hydrogens (primary N) is 1. The third kappa shape index (κ3) is 2.53. The molecule has 0 unspecified atom stereocenters. The van der Waals surface area contributed by atoms with Crippen molar-refractivity contribution in [1.82, 2.24) is 0 Å². The van der Waals surface area contributed by atoms with Crippen molar-refractivity contribution in [2.75, 3.05) is 0 Å². The van der Waals surface area contributed by atoms with Gasteiger partial charge >= 0.3 is 0 Å². The summed E-state index contributed by atoms with van der Waals surface area (Å²) in [5.74, 6) is 0. The van der Waals surface area contributed by atoms with Crippen molar-refractivity contribution in [2.24, 2.45) is 5.73 Å². The molecule has 0 amide bonds. The van der Waals surface area contributed by atoms with E-state index in [1.165, 1.54) is 5.56 Å². The Labute approximate surface area is 107 Å². The Hall–Kier alpha value is -1.67. The van der Waals surface area contributed by atoms with E-state index in [4.69, 9.17) is 18.0 Å². The van der Waals surface area contributed by atoms with Crippen LogP contribution in [0.2, 0.25) is 0 Å². The fourth-order valence-electron chi connectivity index (χ4n) is 1.87. The van der Waals surface area contributed by atoms with Gasteiger partial charge in [-0.25, -0.2) is 0 Å². The first-order valence-electron chi connectivity index (χ1n) is 5.70. The molecule has 0 atom stereocenters. The summed E-state index contributed by atoms with van der Waals surface area (Å²) in [7, 11) is 0. The smallest absolute Gasteiger partial charge is 0.104 e. The highest BCUT2D eigenvalue weighted by Gasteiger charge is 2.06. The van der Waals surface area contributed by atoms with E-state index < -0.39 is 0 Å². The summed E-state index contributed by atoms with van der Waals surface area (Å²) in [5.41, 5.74) is 10.3. The molecule has 17 heavy (non-hydrogen) atoms. The van der Waals surface area contributed by atoms with E-state index in [2.05, 4.69) is 37.3 Å². The van der Waals surface area contributed by atoms with Crippen molar-refractivity contribution in [1.29, 1.82) is 0 Å². The highest BCUT2D eigenvalue weighted by molar-refractivity contribution is 7.80. The van der Waals surface area contributed by atoms with E-state index in [1.807, 2.05) is 18.2 Å². The summed E-state index contributed by atoms with van der Waals surface area (Å²) < 4.78 is 0. The Bertz CT molecular complexity index is 529. The van der Waals surface area contributed by atoms with Gasteiger partial charge in [0.2, 0.25) is 0 Å². The van der Waals surface area contributed by atoms with E-state index in [0.717, 1.165) is 23.1 Å². The van der Waals surface area contributed by atoms with Crippen LogP contribution in [0.5, 0.6) is 0 Å². The minimum absolute atomic E-state index is 0.445. The predicted octanol–water partition coefficient (Wildman–Crippen LogP) is 3.55. The van der Waals surface area contributed by atoms with Crippen LogP contribution >= 0.6 is 12.2 Å². The predicted molar refractivity (Wildman–Crippen MR) is 77.1 cm³/mol. The summed E-state index contributed by atoms with van der Waals surface area (Å²) >= 11 is 5.08. The van der Waals surface area contributed by atoms with E-state index in [-0.39, 0.29) is 0 Å². The molecule has 2 heteroatoms. The molecule has 0 aliphatic rings. The monoisotopic (exact) mass is 241 g/mol. The number of hydrogen-bond donors (Lipinski definition) is 1. The Balaban J connectivity index is 2.48. The number of rotatable bonds is 3. The van der Waals surface area contributed by atoms with Gasteiger partial charge in [0.1, 0.15) is 4.99 Å². The highest BCUT2D eigenvalue weighted by atomic mass is 32.1. The lowest BCUT2D eigenvalue weighted by Crippen LogP contribution is -2.10. The zero-order chi connectivity index (χ0) is 12.3. The molecule has 2 rings (SSSR count). The first-order chi connectivity index (χ1) is 8.22. The van der Waals surface area contributed by atoms with Gasteiger partial charge in [-0.3, -0.25) is 0 Å². The molecule has 0 saturated carbocycles. The number of benzene rings is 2. The molecule has 1 nitrogen and oxygen atoms in total. The van der Waals surface area contributed by atoms with Gasteiger partial charge < -0.3 is 5.73 Å². The van der Waals surface area contributed by atoms with Crippen LogP contribution < -0.4 is 5.73 Å². The lowest BCUT2D eigenvalue weighted by Gasteiger charge is -2.08. The Morgan fingerprint density at radius 2 is 1.71 bits per heavy atom. The lowest BCUT2D eigenvalue weighted by molar-refractivity contribution is 1.14. The number of aryl methyl sites for hydroxylation is 1. The third-order valence-electron chi connectivity index (χ3n) is 2.87. The van der Waals surface area contributed by atoms with Gasteiger partial charge in [-0.1, -0.05) is 67.7 Å². The summed E-state index contributed by atoms with van der Waals surface area (Å²) in [6, 6.07) is 16.5. The average Bonchev–Trinajstić information content (AvgIpc) is 2.39. The molecule has 0 heterocycles. The third-order valence-corrected chi connectivity index (χ3v) is 3.09. The van der Waals surface area contributed by atoms with Gasteiger partial charge in [0.15, 0.2) is 0 Å². The van der Waals surface area contributed by atoms with Crippen molar-refractivity contribution in [3.05, 3.63) is 59.7 Å². The van der Waals surface area contributed by atoms with Gasteiger partial charge in [-0.15, -0.1) is 0 Å². The Kier molecular flexibility index (Phi) is 3.55. The Morgan fingerprint density at radius 3 is 2.29 bits per heavy atom. The fraction of sp³-hybridized carbons (Fsp3) is 0.133. The maximum Gasteiger partial charge on any atom is 0.104 e. The SMILES string of the molecule is CCc1ccc(-c2ccccc2C(N)=S)cc1. The molecule has 2 N–H and O–H groups in total. The molecule has 0 fully saturated rings. The van der Waals surface area contributed by atoms with Crippen LogP contribution in [0.4, 0.5) is 0 Å². The zero-order valence-electron chi connectivity index (χ0n) is 9.81. The fourth-order valence-corrected chi connectivity index (χ4v) is 2.05. The van der Waals surface area contributed by atoms with Crippen LogP contribution in [-0.4, -0.2) is 4.99 Å². The van der Waals surface area contributed by atoms with E-state index in [9.17, 15) is 0 Å². The van der Waals surface area contributed by atoms with Crippen molar-refractivity contribution in [3.8, 4) is 11.1 Å². The van der Waals surface area contributed by atoms with E-state index in [0.29, 0.717) is 4.99 Å². The van der Waals surface area contributed by atoms with Crippen LogP contribution in [0.3, 0.4) is 0 Å². The second kappa shape index (κ2) is 5.11. The molecule has 2 aromatic carbocycles. The van der Waals surface area contributed by atoms with Crippen molar-refractivity contribution < 1.29 is 0 Å². The molecule has 0 bridgehead atoms. The van der Waals surface area contributed by atoms with Gasteiger partial charge in [0.25, 0.3) is 0 Å². The van der Waals surface area contributed by atoms with Crippen molar-refractivity contribution in [2.45, 2.75) is 13.3 Å². The lowest BCUT2D eigenvalue weighted by atomic mass is 9.98. The van der Waals surface area contributed by atoms with Gasteiger partial charge in [-0.05, 0) is 23.1 Å². The molecule has 86 valence electrons. The number of hydrogen-bond acceptors (Lipinski definition) is 1. The standard InChI is InChI=1S/C15H15NS/c1-2-11-7-9-12(10-8-11)13-5-3-4-6-14(13)15(16)17/h3-10H,2H2,1H3,(H2,16,17). The molecule has 0 aliphatic carbocycles. The van der Waals surface area contributed by atoms with Crippen LogP contribution in [0.15, 0.2) is 48.5 Å². The summed E-state index contributed by atoms with van der Waals surface area (Å²) in [5, 5.41) is 0. The van der Waals surface area contributed by atoms with Crippen molar-refractivity contribution >= 4 is 17.2 Å². The average molecular weight is 241 g/mol. The molecule has 0 aliphatic heterocycles. The maximum atomic E-state index is 5.74. The first-order valence-corrected chi connectivity index (χ1v) is 6.11. The van der Waals surface area contributed by atoms with Gasteiger partial charge in [0.05, 0.1) is 0 Å². The van der Waals surface area contributed by atoms with E-state index >= 15 is 0 Å². The first kappa shape index (κ1) is 11.8. The topological polar surface area (TPSA) is 26.0 Å². The number of thiocarbonyl (C=S) groups is 1. The van der Waals surface area contributed by atoms with Crippen LogP contribution in [0.1, 0.15) is 18.1 Å². The van der Waals surface area contributed by atoms with Gasteiger partial charge in [0, 0.05) is 5.56 Å². The minimum Gasteiger partial charge on any atom is -0.389 e. The molecule has 2 aromatic rings. The van der Waals surface area contributed by atoms with Crippen LogP contribution in [0, 0.1) is 0 Å². The Morgan fingerprint density at radius 1 is 1.06 bits per heavy atom. The second-order valence-electron chi connectivity index (χ2n) is 3.96. The minimum atomic E-state index is 0.445. The quantitative estimate of drug-likeness (QED) is 0.832. The molecule has 0 radical (unpaired) electrons. The largest absolute Gasteiger partial charge is 0.389 e. The normalized spacial score (nSPS) is 10.2. The molecule has 0 spiro atoms.